The Morgan fingerprint density at radius 2 is 1.92 bits per heavy atom. The molecule has 3 heterocycles. The summed E-state index contributed by atoms with van der Waals surface area (Å²) in [5.74, 6) is -0.495. The summed E-state index contributed by atoms with van der Waals surface area (Å²) in [7, 11) is -1.05. The predicted octanol–water partition coefficient (Wildman–Crippen LogP) is 5.75. The minimum Gasteiger partial charge on any atom is -0.461 e. The molecule has 9 heteroatoms. The van der Waals surface area contributed by atoms with Gasteiger partial charge in [0.2, 0.25) is 0 Å². The highest BCUT2D eigenvalue weighted by Crippen LogP contribution is 2.36. The molecule has 1 aromatic carbocycles. The van der Waals surface area contributed by atoms with Crippen molar-refractivity contribution in [2.24, 2.45) is 0 Å². The minimum atomic E-state index is -1.05. The molecular formula is C28H30N5O3Si+. The number of nitriles is 1. The Morgan fingerprint density at radius 3 is 2.62 bits per heavy atom. The molecule has 37 heavy (non-hydrogen) atoms. The Morgan fingerprint density at radius 1 is 1.14 bits per heavy atom. The number of ether oxygens (including phenoxy) is 1. The minimum absolute atomic E-state index is 0.103. The number of aromatic nitrogens is 4. The molecule has 0 radical (unpaired) electrons. The maximum atomic E-state index is 12.5. The molecule has 0 amide bonds. The second-order valence-corrected chi connectivity index (χ2v) is 12.7. The average Bonchev–Trinajstić information content (AvgIpc) is 3.25. The first kappa shape index (κ1) is 26.2. The number of benzene rings is 1. The van der Waals surface area contributed by atoms with Gasteiger partial charge in [0.15, 0.2) is 11.3 Å². The van der Waals surface area contributed by atoms with Gasteiger partial charge in [0.1, 0.15) is 17.3 Å². The summed E-state index contributed by atoms with van der Waals surface area (Å²) in [5.41, 5.74) is 5.89. The standard InChI is InChI=1S/C28H30N5O3Si/c1-7-35-27(34)23-11-12-33-26(31-23)24(25(32-33)20-10-8-9-19(14-20)16-29)21-13-18(2)30-22(15-21)17-36-37(6)28(3,4)5/h8-15H,7,17H2,1-6H3/q+1. The van der Waals surface area contributed by atoms with Crippen LogP contribution in [0.15, 0.2) is 48.7 Å². The van der Waals surface area contributed by atoms with E-state index in [0.717, 1.165) is 28.1 Å². The van der Waals surface area contributed by atoms with Crippen LogP contribution in [0.2, 0.25) is 11.6 Å². The molecule has 4 rings (SSSR count). The Labute approximate surface area is 218 Å². The SMILES string of the molecule is CCOC(=O)c1ccn2nc(-c3cccc(C#N)c3)c(-c3cc(C)nc(CO[Si+](C)C(C)(C)C)c3)c2n1. The van der Waals surface area contributed by atoms with Crippen LogP contribution in [-0.4, -0.2) is 41.2 Å². The summed E-state index contributed by atoms with van der Waals surface area (Å²) >= 11 is 0. The van der Waals surface area contributed by atoms with Gasteiger partial charge in [-0.2, -0.15) is 10.4 Å². The number of rotatable bonds is 7. The Hall–Kier alpha value is -3.87. The van der Waals surface area contributed by atoms with Gasteiger partial charge in [-0.25, -0.2) is 18.7 Å². The molecule has 0 fully saturated rings. The molecule has 8 nitrogen and oxygen atoms in total. The first-order valence-electron chi connectivity index (χ1n) is 12.1. The van der Waals surface area contributed by atoms with E-state index in [4.69, 9.17) is 19.2 Å². The van der Waals surface area contributed by atoms with Crippen LogP contribution < -0.4 is 0 Å². The number of carbonyl (C=O) groups is 1. The van der Waals surface area contributed by atoms with Crippen LogP contribution in [0.4, 0.5) is 0 Å². The highest BCUT2D eigenvalue weighted by molar-refractivity contribution is 6.53. The molecule has 0 saturated carbocycles. The summed E-state index contributed by atoms with van der Waals surface area (Å²) < 4.78 is 13.1. The highest BCUT2D eigenvalue weighted by Gasteiger charge is 2.39. The summed E-state index contributed by atoms with van der Waals surface area (Å²) in [6.45, 7) is 13.1. The summed E-state index contributed by atoms with van der Waals surface area (Å²) in [6.07, 6.45) is 1.70. The van der Waals surface area contributed by atoms with Crippen molar-refractivity contribution >= 4 is 20.7 Å². The second-order valence-electron chi connectivity index (χ2n) is 9.80. The van der Waals surface area contributed by atoms with Gasteiger partial charge >= 0.3 is 15.0 Å². The number of hydrogen-bond donors (Lipinski definition) is 0. The van der Waals surface area contributed by atoms with Crippen LogP contribution in [-0.2, 0) is 15.8 Å². The largest absolute Gasteiger partial charge is 0.476 e. The number of carbonyl (C=O) groups excluding carboxylic acids is 1. The number of pyridine rings is 1. The van der Waals surface area contributed by atoms with Crippen molar-refractivity contribution in [3.05, 3.63) is 71.3 Å². The van der Waals surface area contributed by atoms with Crippen molar-refractivity contribution < 1.29 is 14.0 Å². The van der Waals surface area contributed by atoms with Crippen LogP contribution in [0.5, 0.6) is 0 Å². The van der Waals surface area contributed by atoms with Crippen LogP contribution in [0.3, 0.4) is 0 Å². The summed E-state index contributed by atoms with van der Waals surface area (Å²) in [5, 5.41) is 14.4. The van der Waals surface area contributed by atoms with Crippen LogP contribution in [0.25, 0.3) is 28.0 Å². The number of fused-ring (bicyclic) bond motifs is 1. The van der Waals surface area contributed by atoms with Crippen molar-refractivity contribution in [2.45, 2.75) is 52.8 Å². The molecule has 0 unspecified atom stereocenters. The molecule has 0 atom stereocenters. The second kappa shape index (κ2) is 10.6. The smallest absolute Gasteiger partial charge is 0.461 e. The molecule has 0 spiro atoms. The predicted molar refractivity (Wildman–Crippen MR) is 143 cm³/mol. The first-order valence-corrected chi connectivity index (χ1v) is 14.0. The number of aryl methyl sites for hydroxylation is 1. The van der Waals surface area contributed by atoms with E-state index in [-0.39, 0.29) is 17.3 Å². The van der Waals surface area contributed by atoms with Crippen molar-refractivity contribution in [3.8, 4) is 28.5 Å². The van der Waals surface area contributed by atoms with E-state index in [1.807, 2.05) is 31.2 Å². The molecule has 4 aromatic rings. The van der Waals surface area contributed by atoms with Gasteiger partial charge in [-0.15, -0.1) is 0 Å². The van der Waals surface area contributed by atoms with Gasteiger partial charge in [-0.1, -0.05) is 12.1 Å². The van der Waals surface area contributed by atoms with Crippen LogP contribution >= 0.6 is 0 Å². The highest BCUT2D eigenvalue weighted by atomic mass is 28.3. The van der Waals surface area contributed by atoms with E-state index >= 15 is 0 Å². The van der Waals surface area contributed by atoms with E-state index in [1.54, 1.807) is 35.8 Å². The van der Waals surface area contributed by atoms with Crippen LogP contribution in [0, 0.1) is 18.3 Å². The molecule has 0 saturated heterocycles. The fourth-order valence-corrected chi connectivity index (χ4v) is 4.60. The third-order valence-electron chi connectivity index (χ3n) is 6.02. The lowest BCUT2D eigenvalue weighted by Gasteiger charge is -2.12. The van der Waals surface area contributed by atoms with Gasteiger partial charge < -0.3 is 4.74 Å². The van der Waals surface area contributed by atoms with Crippen molar-refractivity contribution in [3.63, 3.8) is 0 Å². The molecule has 0 aliphatic rings. The third-order valence-corrected chi connectivity index (χ3v) is 8.71. The van der Waals surface area contributed by atoms with E-state index in [1.165, 1.54) is 0 Å². The lowest BCUT2D eigenvalue weighted by atomic mass is 9.99. The van der Waals surface area contributed by atoms with Crippen molar-refractivity contribution in [1.82, 2.24) is 19.6 Å². The number of nitrogens with zero attached hydrogens (tertiary/aromatic N) is 5. The number of esters is 1. The molecule has 0 aliphatic heterocycles. The molecule has 3 aromatic heterocycles. The fourth-order valence-electron chi connectivity index (χ4n) is 3.81. The van der Waals surface area contributed by atoms with E-state index in [0.29, 0.717) is 23.5 Å². The van der Waals surface area contributed by atoms with Gasteiger partial charge in [-0.05, 0) is 70.5 Å². The van der Waals surface area contributed by atoms with E-state index in [9.17, 15) is 10.1 Å². The van der Waals surface area contributed by atoms with Crippen molar-refractivity contribution in [2.75, 3.05) is 6.61 Å². The zero-order valence-electron chi connectivity index (χ0n) is 22.0. The molecule has 0 N–H and O–H groups in total. The lowest BCUT2D eigenvalue weighted by Crippen LogP contribution is -2.25. The maximum absolute atomic E-state index is 12.5. The van der Waals surface area contributed by atoms with Gasteiger partial charge in [0, 0.05) is 17.5 Å². The zero-order chi connectivity index (χ0) is 26.7. The normalized spacial score (nSPS) is 11.4. The topological polar surface area (TPSA) is 102 Å². The fraction of sp³-hybridized carbons (Fsp3) is 0.321. The summed E-state index contributed by atoms with van der Waals surface area (Å²) in [4.78, 5) is 21.8. The monoisotopic (exact) mass is 512 g/mol. The van der Waals surface area contributed by atoms with Gasteiger partial charge in [-0.3, -0.25) is 4.98 Å². The molecular weight excluding hydrogens is 482 g/mol. The Bertz CT molecular complexity index is 1500. The Kier molecular flexibility index (Phi) is 7.52. The molecule has 0 aliphatic carbocycles. The van der Waals surface area contributed by atoms with E-state index in [2.05, 4.69) is 38.4 Å². The molecule has 0 bridgehead atoms. The maximum Gasteiger partial charge on any atom is 0.476 e. The Balaban J connectivity index is 1.89. The lowest BCUT2D eigenvalue weighted by molar-refractivity contribution is 0.0519. The number of hydrogen-bond acceptors (Lipinski definition) is 7. The van der Waals surface area contributed by atoms with Crippen molar-refractivity contribution in [1.29, 1.82) is 5.26 Å². The molecule has 188 valence electrons. The van der Waals surface area contributed by atoms with E-state index < -0.39 is 15.0 Å². The van der Waals surface area contributed by atoms with Gasteiger partial charge in [0.25, 0.3) is 0 Å². The van der Waals surface area contributed by atoms with Gasteiger partial charge in [0.05, 0.1) is 36.0 Å². The van der Waals surface area contributed by atoms with Crippen LogP contribution in [0.1, 0.15) is 55.1 Å². The average molecular weight is 513 g/mol. The third kappa shape index (κ3) is 5.76. The summed E-state index contributed by atoms with van der Waals surface area (Å²) in [6, 6.07) is 15.0. The zero-order valence-corrected chi connectivity index (χ0v) is 23.0. The quantitative estimate of drug-likeness (QED) is 0.229. The first-order chi connectivity index (χ1) is 17.6.